The highest BCUT2D eigenvalue weighted by Gasteiger charge is 2.19. The number of benzene rings is 2. The number of unbranched alkanes of at least 4 members (excludes halogenated alkanes) is 3. The predicted molar refractivity (Wildman–Crippen MR) is 110 cm³/mol. The topological polar surface area (TPSA) is 52.6 Å². The van der Waals surface area contributed by atoms with Gasteiger partial charge in [0.2, 0.25) is 0 Å². The maximum Gasteiger partial charge on any atom is 0.339 e. The van der Waals surface area contributed by atoms with Gasteiger partial charge in [0.25, 0.3) is 0 Å². The van der Waals surface area contributed by atoms with E-state index in [1.54, 1.807) is 24.3 Å². The monoisotopic (exact) mass is 382 g/mol. The van der Waals surface area contributed by atoms with Crippen LogP contribution in [0.1, 0.15) is 72.2 Å². The fraction of sp³-hybridized carbons (Fsp3) is 0.417. The van der Waals surface area contributed by atoms with Crippen molar-refractivity contribution in [3.63, 3.8) is 0 Å². The van der Waals surface area contributed by atoms with Crippen molar-refractivity contribution in [2.45, 2.75) is 52.6 Å². The molecule has 0 aliphatic rings. The highest BCUT2D eigenvalue weighted by Crippen LogP contribution is 2.14. The van der Waals surface area contributed by atoms with E-state index >= 15 is 0 Å². The van der Waals surface area contributed by atoms with Crippen LogP contribution >= 0.6 is 0 Å². The molecular formula is C24H30O4. The lowest BCUT2D eigenvalue weighted by atomic mass is 10.0. The van der Waals surface area contributed by atoms with Crippen LogP contribution in [0.25, 0.3) is 0 Å². The van der Waals surface area contributed by atoms with Crippen molar-refractivity contribution >= 4 is 11.9 Å². The van der Waals surface area contributed by atoms with Crippen LogP contribution in [0, 0.1) is 5.92 Å². The molecule has 0 radical (unpaired) electrons. The van der Waals surface area contributed by atoms with Crippen LogP contribution in [-0.2, 0) is 16.1 Å². The van der Waals surface area contributed by atoms with Gasteiger partial charge in [0.1, 0.15) is 6.61 Å². The van der Waals surface area contributed by atoms with E-state index in [0.717, 1.165) is 30.7 Å². The summed E-state index contributed by atoms with van der Waals surface area (Å²) in [6.07, 6.45) is 5.48. The van der Waals surface area contributed by atoms with Gasteiger partial charge in [-0.2, -0.15) is 0 Å². The second kappa shape index (κ2) is 12.0. The largest absolute Gasteiger partial charge is 0.462 e. The van der Waals surface area contributed by atoms with Crippen LogP contribution < -0.4 is 0 Å². The average molecular weight is 383 g/mol. The van der Waals surface area contributed by atoms with Gasteiger partial charge in [-0.3, -0.25) is 0 Å². The zero-order valence-corrected chi connectivity index (χ0v) is 16.9. The van der Waals surface area contributed by atoms with E-state index < -0.39 is 11.9 Å². The quantitative estimate of drug-likeness (QED) is 0.364. The minimum atomic E-state index is -0.523. The second-order valence-corrected chi connectivity index (χ2v) is 7.34. The van der Waals surface area contributed by atoms with Crippen LogP contribution in [0.4, 0.5) is 0 Å². The molecule has 4 heteroatoms. The lowest BCUT2D eigenvalue weighted by molar-refractivity contribution is 0.0436. The predicted octanol–water partition coefficient (Wildman–Crippen LogP) is 5.81. The third-order valence-corrected chi connectivity index (χ3v) is 4.49. The maximum absolute atomic E-state index is 12.4. The summed E-state index contributed by atoms with van der Waals surface area (Å²) in [6, 6.07) is 16.1. The van der Waals surface area contributed by atoms with Gasteiger partial charge in [0.15, 0.2) is 0 Å². The highest BCUT2D eigenvalue weighted by atomic mass is 16.5. The summed E-state index contributed by atoms with van der Waals surface area (Å²) in [7, 11) is 0. The van der Waals surface area contributed by atoms with E-state index in [2.05, 4.69) is 13.8 Å². The first-order chi connectivity index (χ1) is 13.6. The molecule has 4 nitrogen and oxygen atoms in total. The van der Waals surface area contributed by atoms with Gasteiger partial charge in [-0.25, -0.2) is 9.59 Å². The van der Waals surface area contributed by atoms with E-state index in [4.69, 9.17) is 9.47 Å². The molecule has 28 heavy (non-hydrogen) atoms. The molecule has 150 valence electrons. The summed E-state index contributed by atoms with van der Waals surface area (Å²) in [5.41, 5.74) is 1.38. The zero-order chi connectivity index (χ0) is 20.2. The fourth-order valence-corrected chi connectivity index (χ4v) is 2.89. The molecule has 0 unspecified atom stereocenters. The molecule has 0 aromatic heterocycles. The Bertz CT molecular complexity index is 737. The normalized spacial score (nSPS) is 10.7. The summed E-state index contributed by atoms with van der Waals surface area (Å²) in [6.45, 7) is 4.99. The molecule has 0 aliphatic heterocycles. The summed E-state index contributed by atoms with van der Waals surface area (Å²) in [4.78, 5) is 24.8. The van der Waals surface area contributed by atoms with Crippen molar-refractivity contribution in [2.24, 2.45) is 5.92 Å². The first-order valence-electron chi connectivity index (χ1n) is 10.0. The lowest BCUT2D eigenvalue weighted by Gasteiger charge is -2.10. The molecule has 0 N–H and O–H groups in total. The summed E-state index contributed by atoms with van der Waals surface area (Å²) in [5, 5.41) is 0. The molecule has 0 spiro atoms. The van der Waals surface area contributed by atoms with Crippen LogP contribution in [0.3, 0.4) is 0 Å². The zero-order valence-electron chi connectivity index (χ0n) is 16.9. The molecule has 2 aromatic rings. The lowest BCUT2D eigenvalue weighted by Crippen LogP contribution is -2.14. The molecule has 0 aliphatic carbocycles. The van der Waals surface area contributed by atoms with E-state index in [0.29, 0.717) is 6.61 Å². The minimum Gasteiger partial charge on any atom is -0.462 e. The van der Waals surface area contributed by atoms with E-state index in [-0.39, 0.29) is 17.7 Å². The second-order valence-electron chi connectivity index (χ2n) is 7.34. The fourth-order valence-electron chi connectivity index (χ4n) is 2.89. The Morgan fingerprint density at radius 1 is 0.750 bits per heavy atom. The summed E-state index contributed by atoms with van der Waals surface area (Å²) in [5.74, 6) is -0.268. The van der Waals surface area contributed by atoms with E-state index in [9.17, 15) is 9.59 Å². The van der Waals surface area contributed by atoms with Crippen molar-refractivity contribution in [3.8, 4) is 0 Å². The highest BCUT2D eigenvalue weighted by molar-refractivity contribution is 6.03. The van der Waals surface area contributed by atoms with Gasteiger partial charge in [0, 0.05) is 0 Å². The number of hydrogen-bond donors (Lipinski definition) is 0. The average Bonchev–Trinajstić information content (AvgIpc) is 2.71. The molecular weight excluding hydrogens is 352 g/mol. The smallest absolute Gasteiger partial charge is 0.339 e. The first-order valence-corrected chi connectivity index (χ1v) is 10.0. The molecule has 0 atom stereocenters. The Hall–Kier alpha value is -2.62. The summed E-state index contributed by atoms with van der Waals surface area (Å²) < 4.78 is 10.7. The maximum atomic E-state index is 12.4. The van der Waals surface area contributed by atoms with Gasteiger partial charge >= 0.3 is 11.9 Å². The molecule has 2 rings (SSSR count). The van der Waals surface area contributed by atoms with Crippen molar-refractivity contribution < 1.29 is 19.1 Å². The number of esters is 2. The van der Waals surface area contributed by atoms with Gasteiger partial charge in [-0.05, 0) is 30.0 Å². The van der Waals surface area contributed by atoms with Crippen molar-refractivity contribution in [2.75, 3.05) is 6.61 Å². The standard InChI is InChI=1S/C24H30O4/c1-19(2)12-6-3-4-11-17-27-23(25)21-15-9-10-16-22(21)24(26)28-18-20-13-7-5-8-14-20/h5,7-10,13-16,19H,3-4,6,11-12,17-18H2,1-2H3. The Labute approximate surface area is 167 Å². The van der Waals surface area contributed by atoms with Gasteiger partial charge in [0.05, 0.1) is 17.7 Å². The summed E-state index contributed by atoms with van der Waals surface area (Å²) >= 11 is 0. The first kappa shape index (κ1) is 21.7. The van der Waals surface area contributed by atoms with Crippen molar-refractivity contribution in [3.05, 3.63) is 71.3 Å². The number of carbonyl (C=O) groups is 2. The van der Waals surface area contributed by atoms with Gasteiger partial charge < -0.3 is 9.47 Å². The van der Waals surface area contributed by atoms with E-state index in [1.165, 1.54) is 12.8 Å². The molecule has 0 heterocycles. The molecule has 0 saturated carbocycles. The van der Waals surface area contributed by atoms with Gasteiger partial charge in [-0.1, -0.05) is 82.0 Å². The molecule has 0 bridgehead atoms. The number of ether oxygens (including phenoxy) is 2. The van der Waals surface area contributed by atoms with Crippen LogP contribution in [0.5, 0.6) is 0 Å². The van der Waals surface area contributed by atoms with Crippen molar-refractivity contribution in [1.82, 2.24) is 0 Å². The Kier molecular flexibility index (Phi) is 9.26. The van der Waals surface area contributed by atoms with E-state index in [1.807, 2.05) is 30.3 Å². The van der Waals surface area contributed by atoms with Crippen molar-refractivity contribution in [1.29, 1.82) is 0 Å². The minimum absolute atomic E-state index is 0.166. The van der Waals surface area contributed by atoms with Crippen LogP contribution in [0.2, 0.25) is 0 Å². The number of rotatable bonds is 11. The molecule has 2 aromatic carbocycles. The van der Waals surface area contributed by atoms with Crippen LogP contribution in [0.15, 0.2) is 54.6 Å². The Balaban J connectivity index is 1.81. The third-order valence-electron chi connectivity index (χ3n) is 4.49. The van der Waals surface area contributed by atoms with Gasteiger partial charge in [-0.15, -0.1) is 0 Å². The SMILES string of the molecule is CC(C)CCCCCCOC(=O)c1ccccc1C(=O)OCc1ccccc1. The molecule has 0 amide bonds. The Morgan fingerprint density at radius 3 is 1.96 bits per heavy atom. The third kappa shape index (κ3) is 7.55. The number of hydrogen-bond acceptors (Lipinski definition) is 4. The Morgan fingerprint density at radius 2 is 1.32 bits per heavy atom. The molecule has 0 fully saturated rings. The number of carbonyl (C=O) groups excluding carboxylic acids is 2. The molecule has 0 saturated heterocycles. The van der Waals surface area contributed by atoms with Crippen LogP contribution in [-0.4, -0.2) is 18.5 Å².